The minimum atomic E-state index is -0.324. The van der Waals surface area contributed by atoms with E-state index in [4.69, 9.17) is 4.42 Å². The molecule has 0 spiro atoms. The summed E-state index contributed by atoms with van der Waals surface area (Å²) in [4.78, 5) is 18.2. The Morgan fingerprint density at radius 3 is 2.95 bits per heavy atom. The quantitative estimate of drug-likeness (QED) is 0.803. The number of furan rings is 1. The van der Waals surface area contributed by atoms with Gasteiger partial charge >= 0.3 is 0 Å². The Morgan fingerprint density at radius 1 is 1.37 bits per heavy atom. The van der Waals surface area contributed by atoms with Crippen molar-refractivity contribution in [3.05, 3.63) is 41.2 Å². The van der Waals surface area contributed by atoms with Crippen molar-refractivity contribution in [3.63, 3.8) is 0 Å². The lowest BCUT2D eigenvalue weighted by atomic mass is 10.4. The maximum Gasteiger partial charge on any atom is 0.293 e. The summed E-state index contributed by atoms with van der Waals surface area (Å²) < 4.78 is 9.24. The number of hydrogen-bond donors (Lipinski definition) is 1. The van der Waals surface area contributed by atoms with Crippen LogP contribution in [-0.4, -0.2) is 15.3 Å². The fourth-order valence-corrected chi connectivity index (χ4v) is 2.93. The number of amides is 1. The molecule has 0 bridgehead atoms. The third kappa shape index (κ3) is 2.56. The van der Waals surface area contributed by atoms with E-state index < -0.39 is 0 Å². The number of nitrogens with zero attached hydrogens (tertiary/aromatic N) is 2. The minimum absolute atomic E-state index is 0.253. The summed E-state index contributed by atoms with van der Waals surface area (Å²) in [6, 6.07) is 7.25. The van der Waals surface area contributed by atoms with Crippen LogP contribution in [-0.2, 0) is 0 Å². The number of hydrogen-bond acceptors (Lipinski definition) is 6. The first-order valence-corrected chi connectivity index (χ1v) is 7.07. The van der Waals surface area contributed by atoms with Crippen LogP contribution in [0, 0.1) is 6.92 Å². The monoisotopic (exact) mass is 291 g/mol. The van der Waals surface area contributed by atoms with Crippen LogP contribution in [0.4, 0.5) is 5.13 Å². The van der Waals surface area contributed by atoms with Crippen molar-refractivity contribution < 1.29 is 9.21 Å². The second-order valence-electron chi connectivity index (χ2n) is 3.76. The lowest BCUT2D eigenvalue weighted by molar-refractivity contribution is 0.0996. The van der Waals surface area contributed by atoms with Gasteiger partial charge in [-0.15, -0.1) is 11.3 Å². The number of carbonyl (C=O) groups is 1. The van der Waals surface area contributed by atoms with Crippen LogP contribution in [0.5, 0.6) is 0 Å². The van der Waals surface area contributed by atoms with Crippen LogP contribution in [0.3, 0.4) is 0 Å². The van der Waals surface area contributed by atoms with Gasteiger partial charge in [0.1, 0.15) is 0 Å². The van der Waals surface area contributed by atoms with E-state index in [1.807, 2.05) is 19.1 Å². The molecule has 3 aromatic heterocycles. The first kappa shape index (κ1) is 12.1. The van der Waals surface area contributed by atoms with Gasteiger partial charge < -0.3 is 4.42 Å². The van der Waals surface area contributed by atoms with Gasteiger partial charge in [-0.25, -0.2) is 0 Å². The van der Waals surface area contributed by atoms with Crippen molar-refractivity contribution in [3.8, 4) is 10.7 Å². The first-order chi connectivity index (χ1) is 9.22. The Kier molecular flexibility index (Phi) is 3.14. The molecular formula is C12H9N3O2S2. The topological polar surface area (TPSA) is 68.0 Å². The van der Waals surface area contributed by atoms with Crippen LogP contribution in [0.15, 0.2) is 34.9 Å². The van der Waals surface area contributed by atoms with Crippen molar-refractivity contribution in [2.24, 2.45) is 0 Å². The molecule has 0 radical (unpaired) electrons. The molecule has 0 aliphatic carbocycles. The number of thiophene rings is 1. The molecule has 3 rings (SSSR count). The van der Waals surface area contributed by atoms with Crippen molar-refractivity contribution in [2.75, 3.05) is 5.32 Å². The fraction of sp³-hybridized carbons (Fsp3) is 0.0833. The summed E-state index contributed by atoms with van der Waals surface area (Å²) in [7, 11) is 0. The number of aryl methyl sites for hydroxylation is 1. The number of carbonyl (C=O) groups excluding carboxylic acids is 1. The molecule has 0 aliphatic rings. The van der Waals surface area contributed by atoms with Gasteiger partial charge in [-0.1, -0.05) is 0 Å². The molecule has 96 valence electrons. The molecule has 0 aromatic carbocycles. The third-order valence-electron chi connectivity index (χ3n) is 2.35. The molecule has 1 N–H and O–H groups in total. The predicted octanol–water partition coefficient (Wildman–Crippen LogP) is 3.42. The second-order valence-corrected chi connectivity index (χ2v) is 5.80. The molecule has 3 heterocycles. The van der Waals surface area contributed by atoms with Gasteiger partial charge in [0.05, 0.1) is 11.1 Å². The summed E-state index contributed by atoms with van der Waals surface area (Å²) >= 11 is 2.77. The first-order valence-electron chi connectivity index (χ1n) is 5.48. The zero-order valence-electron chi connectivity index (χ0n) is 9.91. The highest BCUT2D eigenvalue weighted by molar-refractivity contribution is 7.15. The fourth-order valence-electron chi connectivity index (χ4n) is 1.50. The SMILES string of the molecule is Cc1ccc(-c2nsc(NC(=O)c3ccco3)n2)s1. The second kappa shape index (κ2) is 4.94. The van der Waals surface area contributed by atoms with Gasteiger partial charge in [0.15, 0.2) is 11.6 Å². The Balaban J connectivity index is 1.77. The highest BCUT2D eigenvalue weighted by Crippen LogP contribution is 2.27. The molecule has 5 nitrogen and oxygen atoms in total. The molecule has 0 fully saturated rings. The maximum absolute atomic E-state index is 11.8. The average Bonchev–Trinajstić information content (AvgIpc) is 3.07. The van der Waals surface area contributed by atoms with E-state index in [1.165, 1.54) is 11.1 Å². The number of rotatable bonds is 3. The van der Waals surface area contributed by atoms with E-state index in [1.54, 1.807) is 23.5 Å². The number of anilines is 1. The Hall–Kier alpha value is -1.99. The molecule has 0 saturated heterocycles. The highest BCUT2D eigenvalue weighted by Gasteiger charge is 2.13. The van der Waals surface area contributed by atoms with E-state index in [-0.39, 0.29) is 11.7 Å². The number of nitrogens with one attached hydrogen (secondary N) is 1. The zero-order valence-corrected chi connectivity index (χ0v) is 11.5. The standard InChI is InChI=1S/C12H9N3O2S2/c1-7-4-5-9(18-7)10-13-12(19-15-10)14-11(16)8-3-2-6-17-8/h2-6H,1H3,(H,13,14,15,16). The van der Waals surface area contributed by atoms with E-state index in [2.05, 4.69) is 14.7 Å². The summed E-state index contributed by atoms with van der Waals surface area (Å²) in [5.74, 6) is 0.566. The largest absolute Gasteiger partial charge is 0.459 e. The van der Waals surface area contributed by atoms with Gasteiger partial charge in [0.2, 0.25) is 5.13 Å². The van der Waals surface area contributed by atoms with E-state index in [0.29, 0.717) is 11.0 Å². The third-order valence-corrected chi connectivity index (χ3v) is 3.98. The lowest BCUT2D eigenvalue weighted by Crippen LogP contribution is -2.10. The lowest BCUT2D eigenvalue weighted by Gasteiger charge is -1.95. The van der Waals surface area contributed by atoms with Crippen LogP contribution in [0.2, 0.25) is 0 Å². The normalized spacial score (nSPS) is 10.6. The van der Waals surface area contributed by atoms with Crippen molar-refractivity contribution >= 4 is 33.9 Å². The molecule has 0 atom stereocenters. The highest BCUT2D eigenvalue weighted by atomic mass is 32.1. The van der Waals surface area contributed by atoms with Crippen molar-refractivity contribution in [2.45, 2.75) is 6.92 Å². The van der Waals surface area contributed by atoms with Gasteiger partial charge in [0, 0.05) is 16.4 Å². The molecular weight excluding hydrogens is 282 g/mol. The molecule has 0 saturated carbocycles. The average molecular weight is 291 g/mol. The van der Waals surface area contributed by atoms with E-state index >= 15 is 0 Å². The van der Waals surface area contributed by atoms with Crippen LogP contribution in [0.1, 0.15) is 15.4 Å². The minimum Gasteiger partial charge on any atom is -0.459 e. The molecule has 7 heteroatoms. The summed E-state index contributed by atoms with van der Waals surface area (Å²) in [5, 5.41) is 3.12. The van der Waals surface area contributed by atoms with Gasteiger partial charge in [-0.2, -0.15) is 9.36 Å². The number of aromatic nitrogens is 2. The molecule has 1 amide bonds. The van der Waals surface area contributed by atoms with Crippen LogP contribution < -0.4 is 5.32 Å². The zero-order chi connectivity index (χ0) is 13.2. The van der Waals surface area contributed by atoms with Crippen LogP contribution >= 0.6 is 22.9 Å². The smallest absolute Gasteiger partial charge is 0.293 e. The van der Waals surface area contributed by atoms with Crippen LogP contribution in [0.25, 0.3) is 10.7 Å². The van der Waals surface area contributed by atoms with E-state index in [0.717, 1.165) is 16.4 Å². The van der Waals surface area contributed by atoms with Gasteiger partial charge in [-0.05, 0) is 31.2 Å². The Labute approximate surface area is 117 Å². The van der Waals surface area contributed by atoms with Crippen molar-refractivity contribution in [1.82, 2.24) is 9.36 Å². The summed E-state index contributed by atoms with van der Waals surface area (Å²) in [6.07, 6.45) is 1.45. The summed E-state index contributed by atoms with van der Waals surface area (Å²) in [6.45, 7) is 2.03. The molecule has 0 unspecified atom stereocenters. The molecule has 0 aliphatic heterocycles. The molecule has 3 aromatic rings. The molecule has 19 heavy (non-hydrogen) atoms. The summed E-state index contributed by atoms with van der Waals surface area (Å²) in [5.41, 5.74) is 0. The van der Waals surface area contributed by atoms with Gasteiger partial charge in [-0.3, -0.25) is 10.1 Å². The Morgan fingerprint density at radius 2 is 2.26 bits per heavy atom. The van der Waals surface area contributed by atoms with Gasteiger partial charge in [0.25, 0.3) is 5.91 Å². The predicted molar refractivity (Wildman–Crippen MR) is 74.6 cm³/mol. The maximum atomic E-state index is 11.8. The van der Waals surface area contributed by atoms with E-state index in [9.17, 15) is 4.79 Å². The van der Waals surface area contributed by atoms with Crippen molar-refractivity contribution in [1.29, 1.82) is 0 Å². The Bertz CT molecular complexity index is 700.